The van der Waals surface area contributed by atoms with Gasteiger partial charge in [0.2, 0.25) is 0 Å². The van der Waals surface area contributed by atoms with E-state index in [9.17, 15) is 0 Å². The lowest BCUT2D eigenvalue weighted by Crippen LogP contribution is -2.32. The van der Waals surface area contributed by atoms with Crippen molar-refractivity contribution in [3.63, 3.8) is 0 Å². The minimum absolute atomic E-state index is 0.0632. The van der Waals surface area contributed by atoms with E-state index < -0.39 is 0 Å². The first-order valence-corrected chi connectivity index (χ1v) is 8.57. The Bertz CT molecular complexity index is 288. The molecule has 0 aromatic carbocycles. The summed E-state index contributed by atoms with van der Waals surface area (Å²) in [5.74, 6) is 0. The molecule has 0 aliphatic carbocycles. The van der Waals surface area contributed by atoms with Gasteiger partial charge in [0, 0.05) is 20.3 Å². The Morgan fingerprint density at radius 1 is 0.682 bits per heavy atom. The minimum Gasteiger partial charge on any atom is -0.379 e. The smallest absolute Gasteiger partial charge is 0.0627 e. The van der Waals surface area contributed by atoms with Crippen LogP contribution in [-0.2, 0) is 14.2 Å². The Hall–Kier alpha value is -0.160. The van der Waals surface area contributed by atoms with E-state index in [4.69, 9.17) is 19.9 Å². The van der Waals surface area contributed by atoms with Crippen LogP contribution in [0.3, 0.4) is 0 Å². The Balaban J connectivity index is 3.98. The fourth-order valence-corrected chi connectivity index (χ4v) is 2.13. The Morgan fingerprint density at radius 3 is 1.55 bits per heavy atom. The molecule has 0 atom stereocenters. The van der Waals surface area contributed by atoms with Gasteiger partial charge in [-0.1, -0.05) is 0 Å². The van der Waals surface area contributed by atoms with E-state index in [0.29, 0.717) is 6.54 Å². The van der Waals surface area contributed by atoms with E-state index in [2.05, 4.69) is 41.5 Å². The van der Waals surface area contributed by atoms with Crippen molar-refractivity contribution < 1.29 is 14.2 Å². The van der Waals surface area contributed by atoms with Crippen molar-refractivity contribution in [1.29, 1.82) is 0 Å². The van der Waals surface area contributed by atoms with Crippen LogP contribution in [0.1, 0.15) is 73.6 Å². The molecule has 0 fully saturated rings. The van der Waals surface area contributed by atoms with Crippen LogP contribution in [0.5, 0.6) is 0 Å². The summed E-state index contributed by atoms with van der Waals surface area (Å²) in [5.41, 5.74) is 5.20. The van der Waals surface area contributed by atoms with Crippen LogP contribution in [0, 0.1) is 0 Å². The first kappa shape index (κ1) is 21.8. The first-order valence-electron chi connectivity index (χ1n) is 8.57. The van der Waals surface area contributed by atoms with E-state index in [1.165, 1.54) is 0 Å². The molecule has 4 heteroatoms. The van der Waals surface area contributed by atoms with Crippen molar-refractivity contribution in [1.82, 2.24) is 0 Å². The average molecular weight is 318 g/mol. The van der Waals surface area contributed by atoms with Crippen LogP contribution >= 0.6 is 0 Å². The van der Waals surface area contributed by atoms with Crippen molar-refractivity contribution in [2.75, 3.05) is 26.9 Å². The quantitative estimate of drug-likeness (QED) is 0.523. The summed E-state index contributed by atoms with van der Waals surface area (Å²) in [4.78, 5) is 0. The first-order chi connectivity index (χ1) is 10.0. The minimum atomic E-state index is -0.119. The second-order valence-electron chi connectivity index (χ2n) is 7.93. The lowest BCUT2D eigenvalue weighted by Gasteiger charge is -2.32. The molecule has 0 rings (SSSR count). The van der Waals surface area contributed by atoms with E-state index in [0.717, 1.165) is 45.3 Å². The molecule has 0 aromatic heterocycles. The number of nitrogens with two attached hydrogens (primary N) is 1. The van der Waals surface area contributed by atoms with Gasteiger partial charge in [0.1, 0.15) is 0 Å². The van der Waals surface area contributed by atoms with Crippen LogP contribution in [0.15, 0.2) is 0 Å². The summed E-state index contributed by atoms with van der Waals surface area (Å²) in [6, 6.07) is 0. The summed E-state index contributed by atoms with van der Waals surface area (Å²) in [5, 5.41) is 0. The van der Waals surface area contributed by atoms with E-state index in [1.54, 1.807) is 7.11 Å². The van der Waals surface area contributed by atoms with Crippen LogP contribution < -0.4 is 5.73 Å². The molecule has 0 aliphatic heterocycles. The topological polar surface area (TPSA) is 53.7 Å². The average Bonchev–Trinajstić information content (AvgIpc) is 2.42. The molecule has 134 valence electrons. The molecular weight excluding hydrogens is 278 g/mol. The van der Waals surface area contributed by atoms with Crippen molar-refractivity contribution in [2.45, 2.75) is 90.4 Å². The molecule has 0 aromatic rings. The zero-order chi connectivity index (χ0) is 17.3. The third-order valence-electron chi connectivity index (χ3n) is 4.14. The maximum atomic E-state index is 6.06. The molecule has 0 saturated carbocycles. The fraction of sp³-hybridized carbons (Fsp3) is 1.00. The number of rotatable bonds is 13. The zero-order valence-corrected chi connectivity index (χ0v) is 16.0. The largest absolute Gasteiger partial charge is 0.379 e. The highest BCUT2D eigenvalue weighted by atomic mass is 16.5. The van der Waals surface area contributed by atoms with Gasteiger partial charge < -0.3 is 19.9 Å². The van der Waals surface area contributed by atoms with Crippen LogP contribution in [0.2, 0.25) is 0 Å². The fourth-order valence-electron chi connectivity index (χ4n) is 2.13. The molecule has 2 N–H and O–H groups in total. The Labute approximate surface area is 138 Å². The van der Waals surface area contributed by atoms with Crippen LogP contribution in [0.4, 0.5) is 0 Å². The predicted molar refractivity (Wildman–Crippen MR) is 93.3 cm³/mol. The number of hydrogen-bond acceptors (Lipinski definition) is 4. The third kappa shape index (κ3) is 11.4. The number of methoxy groups -OCH3 is 1. The summed E-state index contributed by atoms with van der Waals surface area (Å²) >= 11 is 0. The van der Waals surface area contributed by atoms with Crippen molar-refractivity contribution in [2.24, 2.45) is 5.73 Å². The molecule has 0 bridgehead atoms. The summed E-state index contributed by atoms with van der Waals surface area (Å²) in [7, 11) is 1.76. The Kier molecular flexibility index (Phi) is 9.79. The van der Waals surface area contributed by atoms with E-state index in [1.807, 2.05) is 0 Å². The van der Waals surface area contributed by atoms with Gasteiger partial charge in [-0.3, -0.25) is 0 Å². The molecular formula is C18H39NO3. The van der Waals surface area contributed by atoms with Gasteiger partial charge in [-0.15, -0.1) is 0 Å². The third-order valence-corrected chi connectivity index (χ3v) is 4.14. The molecule has 0 spiro atoms. The monoisotopic (exact) mass is 317 g/mol. The lowest BCUT2D eigenvalue weighted by molar-refractivity contribution is -0.0684. The van der Waals surface area contributed by atoms with Gasteiger partial charge in [-0.25, -0.2) is 0 Å². The molecule has 0 aliphatic rings. The highest BCUT2D eigenvalue weighted by Gasteiger charge is 2.25. The lowest BCUT2D eigenvalue weighted by atomic mass is 9.93. The summed E-state index contributed by atoms with van der Waals surface area (Å²) < 4.78 is 17.4. The molecule has 0 unspecified atom stereocenters. The maximum absolute atomic E-state index is 6.06. The molecule has 0 radical (unpaired) electrons. The highest BCUT2D eigenvalue weighted by molar-refractivity contribution is 4.77. The summed E-state index contributed by atoms with van der Waals surface area (Å²) in [6.07, 6.45) is 4.90. The van der Waals surface area contributed by atoms with Crippen LogP contribution in [-0.4, -0.2) is 43.7 Å². The maximum Gasteiger partial charge on any atom is 0.0627 e. The second kappa shape index (κ2) is 9.86. The number of ether oxygens (including phenoxy) is 3. The number of hydrogen-bond donors (Lipinski definition) is 1. The molecule has 0 amide bonds. The van der Waals surface area contributed by atoms with E-state index >= 15 is 0 Å². The van der Waals surface area contributed by atoms with Crippen molar-refractivity contribution in [3.8, 4) is 0 Å². The zero-order valence-electron chi connectivity index (χ0n) is 16.0. The van der Waals surface area contributed by atoms with E-state index in [-0.39, 0.29) is 16.8 Å². The van der Waals surface area contributed by atoms with Gasteiger partial charge in [0.05, 0.1) is 16.8 Å². The van der Waals surface area contributed by atoms with Crippen LogP contribution in [0.25, 0.3) is 0 Å². The summed E-state index contributed by atoms with van der Waals surface area (Å²) in [6.45, 7) is 15.0. The van der Waals surface area contributed by atoms with Gasteiger partial charge >= 0.3 is 0 Å². The van der Waals surface area contributed by atoms with Gasteiger partial charge in [-0.05, 0) is 80.2 Å². The van der Waals surface area contributed by atoms with Gasteiger partial charge in [0.25, 0.3) is 0 Å². The Morgan fingerprint density at radius 2 is 1.14 bits per heavy atom. The van der Waals surface area contributed by atoms with Crippen molar-refractivity contribution >= 4 is 0 Å². The highest BCUT2D eigenvalue weighted by Crippen LogP contribution is 2.25. The SMILES string of the molecule is COC(C)(C)CCCOC(C)(C)CCC(C)(C)OCCCN. The molecule has 0 saturated heterocycles. The van der Waals surface area contributed by atoms with Crippen molar-refractivity contribution in [3.05, 3.63) is 0 Å². The molecule has 4 nitrogen and oxygen atoms in total. The molecule has 0 heterocycles. The van der Waals surface area contributed by atoms with Gasteiger partial charge in [0.15, 0.2) is 0 Å². The second-order valence-corrected chi connectivity index (χ2v) is 7.93. The molecule has 22 heavy (non-hydrogen) atoms. The van der Waals surface area contributed by atoms with Gasteiger partial charge in [-0.2, -0.15) is 0 Å². The normalized spacial score (nSPS) is 13.6. The predicted octanol–water partition coefficient (Wildman–Crippen LogP) is 3.91. The standard InChI is InChI=1S/C18H39NO3/c1-16(2,20-7)10-8-14-21-17(3,4)11-12-18(5,6)22-15-9-13-19/h8-15,19H2,1-7H3.